The Hall–Kier alpha value is -1.06. The Balaban J connectivity index is 1.93. The second-order valence-corrected chi connectivity index (χ2v) is 4.97. The number of nitrogens with zero attached hydrogens (tertiary/aromatic N) is 1. The molecule has 17 heavy (non-hydrogen) atoms. The molecule has 3 nitrogen and oxygen atoms in total. The molecular formula is C14H22N2O. The Morgan fingerprint density at radius 3 is 3.00 bits per heavy atom. The second-order valence-electron chi connectivity index (χ2n) is 4.97. The summed E-state index contributed by atoms with van der Waals surface area (Å²) in [6, 6.07) is 6.44. The standard InChI is InChI=1S/C14H22N2O/c1-16(2)9-4-10-17-14-6-3-5-11-12(14)7-8-13(11)15/h3,5-6,13H,4,7-10,15H2,1-2H3. The van der Waals surface area contributed by atoms with Gasteiger partial charge in [0.15, 0.2) is 0 Å². The maximum Gasteiger partial charge on any atom is 0.122 e. The topological polar surface area (TPSA) is 38.5 Å². The van der Waals surface area contributed by atoms with Crippen molar-refractivity contribution in [2.75, 3.05) is 27.2 Å². The highest BCUT2D eigenvalue weighted by Gasteiger charge is 2.21. The smallest absolute Gasteiger partial charge is 0.122 e. The summed E-state index contributed by atoms with van der Waals surface area (Å²) in [4.78, 5) is 2.18. The molecule has 2 N–H and O–H groups in total. The molecule has 0 heterocycles. The molecule has 1 aromatic rings. The van der Waals surface area contributed by atoms with E-state index in [1.54, 1.807) is 0 Å². The van der Waals surface area contributed by atoms with Gasteiger partial charge in [0.2, 0.25) is 0 Å². The van der Waals surface area contributed by atoms with Crippen LogP contribution in [0.2, 0.25) is 0 Å². The second kappa shape index (κ2) is 5.52. The van der Waals surface area contributed by atoms with Gasteiger partial charge >= 0.3 is 0 Å². The van der Waals surface area contributed by atoms with Crippen molar-refractivity contribution in [1.82, 2.24) is 4.90 Å². The number of benzene rings is 1. The zero-order chi connectivity index (χ0) is 12.3. The Labute approximate surface area is 104 Å². The van der Waals surface area contributed by atoms with Crippen molar-refractivity contribution >= 4 is 0 Å². The summed E-state index contributed by atoms with van der Waals surface area (Å²) in [5.41, 5.74) is 8.64. The van der Waals surface area contributed by atoms with Gasteiger partial charge in [0.1, 0.15) is 5.75 Å². The van der Waals surface area contributed by atoms with Crippen LogP contribution in [0, 0.1) is 0 Å². The summed E-state index contributed by atoms with van der Waals surface area (Å²) in [6.07, 6.45) is 3.16. The van der Waals surface area contributed by atoms with E-state index >= 15 is 0 Å². The lowest BCUT2D eigenvalue weighted by atomic mass is 10.1. The van der Waals surface area contributed by atoms with Crippen LogP contribution in [-0.4, -0.2) is 32.1 Å². The van der Waals surface area contributed by atoms with E-state index in [0.29, 0.717) is 0 Å². The van der Waals surface area contributed by atoms with Gasteiger partial charge in [0, 0.05) is 12.6 Å². The first kappa shape index (κ1) is 12.4. The average molecular weight is 234 g/mol. The molecule has 94 valence electrons. The van der Waals surface area contributed by atoms with Gasteiger partial charge in [0.05, 0.1) is 6.61 Å². The Kier molecular flexibility index (Phi) is 4.02. The van der Waals surface area contributed by atoms with Crippen molar-refractivity contribution < 1.29 is 4.74 Å². The first-order chi connectivity index (χ1) is 8.18. The van der Waals surface area contributed by atoms with E-state index in [4.69, 9.17) is 10.5 Å². The molecule has 0 spiro atoms. The van der Waals surface area contributed by atoms with Crippen molar-refractivity contribution in [3.63, 3.8) is 0 Å². The van der Waals surface area contributed by atoms with E-state index in [-0.39, 0.29) is 6.04 Å². The minimum Gasteiger partial charge on any atom is -0.493 e. The largest absolute Gasteiger partial charge is 0.493 e. The Morgan fingerprint density at radius 2 is 2.24 bits per heavy atom. The highest BCUT2D eigenvalue weighted by molar-refractivity contribution is 5.44. The fourth-order valence-corrected chi connectivity index (χ4v) is 2.35. The molecule has 0 aliphatic heterocycles. The predicted molar refractivity (Wildman–Crippen MR) is 70.4 cm³/mol. The van der Waals surface area contributed by atoms with E-state index < -0.39 is 0 Å². The molecule has 1 aromatic carbocycles. The molecule has 0 bridgehead atoms. The fraction of sp³-hybridized carbons (Fsp3) is 0.571. The molecule has 1 atom stereocenters. The molecule has 2 rings (SSSR count). The lowest BCUT2D eigenvalue weighted by molar-refractivity contribution is 0.279. The van der Waals surface area contributed by atoms with Crippen LogP contribution in [0.5, 0.6) is 5.75 Å². The summed E-state index contributed by atoms with van der Waals surface area (Å²) in [7, 11) is 4.17. The van der Waals surface area contributed by atoms with Gasteiger partial charge in [0.25, 0.3) is 0 Å². The minimum atomic E-state index is 0.204. The number of fused-ring (bicyclic) bond motifs is 1. The number of hydrogen-bond acceptors (Lipinski definition) is 3. The van der Waals surface area contributed by atoms with Crippen molar-refractivity contribution in [2.45, 2.75) is 25.3 Å². The quantitative estimate of drug-likeness (QED) is 0.792. The van der Waals surface area contributed by atoms with Crippen LogP contribution < -0.4 is 10.5 Å². The van der Waals surface area contributed by atoms with Gasteiger partial charge in [-0.2, -0.15) is 0 Å². The van der Waals surface area contributed by atoms with Crippen LogP contribution in [-0.2, 0) is 6.42 Å². The van der Waals surface area contributed by atoms with E-state index in [1.807, 2.05) is 6.07 Å². The molecule has 0 saturated carbocycles. The minimum absolute atomic E-state index is 0.204. The van der Waals surface area contributed by atoms with E-state index in [9.17, 15) is 0 Å². The highest BCUT2D eigenvalue weighted by atomic mass is 16.5. The molecule has 1 aliphatic rings. The molecule has 3 heteroatoms. The monoisotopic (exact) mass is 234 g/mol. The van der Waals surface area contributed by atoms with E-state index in [1.165, 1.54) is 11.1 Å². The molecule has 0 aromatic heterocycles. The molecule has 1 aliphatic carbocycles. The Bertz CT molecular complexity index is 376. The number of nitrogens with two attached hydrogens (primary N) is 1. The zero-order valence-electron chi connectivity index (χ0n) is 10.8. The number of hydrogen-bond donors (Lipinski definition) is 1. The summed E-state index contributed by atoms with van der Waals surface area (Å²) < 4.78 is 5.87. The maximum absolute atomic E-state index is 6.05. The van der Waals surface area contributed by atoms with Crippen LogP contribution in [0.3, 0.4) is 0 Å². The summed E-state index contributed by atoms with van der Waals surface area (Å²) in [6.45, 7) is 1.85. The van der Waals surface area contributed by atoms with Crippen molar-refractivity contribution in [3.05, 3.63) is 29.3 Å². The predicted octanol–water partition coefficient (Wildman–Crippen LogP) is 1.96. The summed E-state index contributed by atoms with van der Waals surface area (Å²) in [5, 5.41) is 0. The van der Waals surface area contributed by atoms with Gasteiger partial charge in [-0.1, -0.05) is 12.1 Å². The lowest BCUT2D eigenvalue weighted by Crippen LogP contribution is -2.15. The van der Waals surface area contributed by atoms with Crippen molar-refractivity contribution in [1.29, 1.82) is 0 Å². The van der Waals surface area contributed by atoms with Crippen LogP contribution in [0.1, 0.15) is 30.0 Å². The molecule has 1 unspecified atom stereocenters. The third-order valence-corrected chi connectivity index (χ3v) is 3.28. The summed E-state index contributed by atoms with van der Waals surface area (Å²) >= 11 is 0. The molecule has 0 amide bonds. The SMILES string of the molecule is CN(C)CCCOc1cccc2c1CCC2N. The van der Waals surface area contributed by atoms with Crippen LogP contribution in [0.15, 0.2) is 18.2 Å². The van der Waals surface area contributed by atoms with Crippen LogP contribution >= 0.6 is 0 Å². The van der Waals surface area contributed by atoms with Gasteiger partial charge in [-0.05, 0) is 50.6 Å². The molecule has 0 fully saturated rings. The highest BCUT2D eigenvalue weighted by Crippen LogP contribution is 2.35. The first-order valence-corrected chi connectivity index (χ1v) is 6.33. The maximum atomic E-state index is 6.05. The van der Waals surface area contributed by atoms with Gasteiger partial charge in [-0.3, -0.25) is 0 Å². The third-order valence-electron chi connectivity index (χ3n) is 3.28. The van der Waals surface area contributed by atoms with Gasteiger partial charge in [-0.25, -0.2) is 0 Å². The van der Waals surface area contributed by atoms with Crippen molar-refractivity contribution in [3.8, 4) is 5.75 Å². The van der Waals surface area contributed by atoms with Crippen LogP contribution in [0.25, 0.3) is 0 Å². The number of rotatable bonds is 5. The number of ether oxygens (including phenoxy) is 1. The average Bonchev–Trinajstić information content (AvgIpc) is 2.67. The Morgan fingerprint density at radius 1 is 1.41 bits per heavy atom. The third kappa shape index (κ3) is 2.99. The van der Waals surface area contributed by atoms with Gasteiger partial charge in [-0.15, -0.1) is 0 Å². The molecule has 0 saturated heterocycles. The fourth-order valence-electron chi connectivity index (χ4n) is 2.35. The molecule has 0 radical (unpaired) electrons. The lowest BCUT2D eigenvalue weighted by Gasteiger charge is -2.13. The van der Waals surface area contributed by atoms with Crippen LogP contribution in [0.4, 0.5) is 0 Å². The van der Waals surface area contributed by atoms with Gasteiger partial charge < -0.3 is 15.4 Å². The molecular weight excluding hydrogens is 212 g/mol. The summed E-state index contributed by atoms with van der Waals surface area (Å²) in [5.74, 6) is 1.04. The normalized spacial score (nSPS) is 18.5. The van der Waals surface area contributed by atoms with E-state index in [2.05, 4.69) is 31.1 Å². The van der Waals surface area contributed by atoms with Crippen molar-refractivity contribution in [2.24, 2.45) is 5.73 Å². The zero-order valence-corrected chi connectivity index (χ0v) is 10.8. The first-order valence-electron chi connectivity index (χ1n) is 6.33. The van der Waals surface area contributed by atoms with E-state index in [0.717, 1.165) is 38.2 Å².